The van der Waals surface area contributed by atoms with E-state index in [0.717, 1.165) is 18.0 Å². The Morgan fingerprint density at radius 1 is 0.794 bits per heavy atom. The number of piperidine rings is 2. The second-order valence-corrected chi connectivity index (χ2v) is 18.4. The fourth-order valence-electron chi connectivity index (χ4n) is 8.22. The molecule has 0 radical (unpaired) electrons. The molecule has 25 heteroatoms. The number of H-pyrrole nitrogens is 1. The number of methoxy groups -OCH3 is 2. The maximum absolute atomic E-state index is 15.5. The largest absolute Gasteiger partial charge is 0.448 e. The molecule has 4 aromatic heterocycles. The van der Waals surface area contributed by atoms with E-state index in [4.69, 9.17) is 25.8 Å². The maximum Gasteiger partial charge on any atom is 0.435 e. The summed E-state index contributed by atoms with van der Waals surface area (Å²) in [5, 5.41) is 19.7. The first-order valence-electron chi connectivity index (χ1n) is 22.0. The van der Waals surface area contributed by atoms with Gasteiger partial charge in [-0.2, -0.15) is 9.78 Å². The first kappa shape index (κ1) is 52.0. The molecule has 0 atom stereocenters. The van der Waals surface area contributed by atoms with Gasteiger partial charge in [-0.3, -0.25) is 14.7 Å². The molecule has 0 spiro atoms. The van der Waals surface area contributed by atoms with Crippen molar-refractivity contribution in [3.05, 3.63) is 58.2 Å². The van der Waals surface area contributed by atoms with Crippen LogP contribution < -0.4 is 16.0 Å². The highest BCUT2D eigenvalue weighted by atomic mass is 35.5. The lowest BCUT2D eigenvalue weighted by Crippen LogP contribution is -2.54. The van der Waals surface area contributed by atoms with Gasteiger partial charge in [0, 0.05) is 83.8 Å². The van der Waals surface area contributed by atoms with E-state index < -0.39 is 51.3 Å². The molecule has 0 aromatic carbocycles. The third kappa shape index (κ3) is 11.2. The van der Waals surface area contributed by atoms with Gasteiger partial charge in [0.25, 0.3) is 11.1 Å². The van der Waals surface area contributed by atoms with E-state index in [0.29, 0.717) is 73.0 Å². The molecule has 68 heavy (non-hydrogen) atoms. The van der Waals surface area contributed by atoms with Gasteiger partial charge in [0.05, 0.1) is 48.0 Å². The third-order valence-electron chi connectivity index (χ3n) is 12.3. The first-order chi connectivity index (χ1) is 32.1. The van der Waals surface area contributed by atoms with Crippen LogP contribution in [0.5, 0.6) is 0 Å². The number of amides is 1. The Morgan fingerprint density at radius 2 is 1.31 bits per heavy atom. The van der Waals surface area contributed by atoms with E-state index in [1.807, 2.05) is 51.6 Å². The molecule has 0 bridgehead atoms. The predicted molar refractivity (Wildman–Crippen MR) is 241 cm³/mol. The van der Waals surface area contributed by atoms with Gasteiger partial charge in [-0.25, -0.2) is 42.3 Å². The number of halogens is 5. The summed E-state index contributed by atoms with van der Waals surface area (Å²) in [7, 11) is 6.82. The van der Waals surface area contributed by atoms with Crippen LogP contribution in [0.2, 0.25) is 0 Å². The Morgan fingerprint density at radius 3 is 1.81 bits per heavy atom. The summed E-state index contributed by atoms with van der Waals surface area (Å²) in [6.07, 6.45) is 2.33. The van der Waals surface area contributed by atoms with Crippen LogP contribution in [0.1, 0.15) is 94.5 Å². The van der Waals surface area contributed by atoms with Crippen LogP contribution in [0.4, 0.5) is 45.6 Å². The van der Waals surface area contributed by atoms with E-state index in [1.165, 1.54) is 18.9 Å². The normalized spacial score (nSPS) is 18.9. The summed E-state index contributed by atoms with van der Waals surface area (Å²) in [5.74, 6) is -0.539. The molecule has 4 aromatic rings. The van der Waals surface area contributed by atoms with Crippen LogP contribution in [0.25, 0.3) is 0 Å². The summed E-state index contributed by atoms with van der Waals surface area (Å²) < 4.78 is 73.5. The van der Waals surface area contributed by atoms with Crippen molar-refractivity contribution in [2.24, 2.45) is 0 Å². The molecule has 0 saturated carbocycles. The zero-order chi connectivity index (χ0) is 49.8. The van der Waals surface area contributed by atoms with Gasteiger partial charge in [-0.15, -0.1) is 5.10 Å². The average molecular weight is 979 g/mol. The molecule has 20 nitrogen and oxygen atoms in total. The number of nitrogens with one attached hydrogen (secondary N) is 4. The summed E-state index contributed by atoms with van der Waals surface area (Å²) in [4.78, 5) is 57.6. The number of aromatic nitrogens is 8. The summed E-state index contributed by atoms with van der Waals surface area (Å²) in [6.45, 7) is 12.7. The van der Waals surface area contributed by atoms with Crippen LogP contribution in [-0.4, -0.2) is 144 Å². The van der Waals surface area contributed by atoms with Crippen LogP contribution >= 0.6 is 11.6 Å². The average Bonchev–Trinajstić information content (AvgIpc) is 4.03. The second kappa shape index (κ2) is 21.1. The minimum Gasteiger partial charge on any atom is -0.448 e. The lowest BCUT2D eigenvalue weighted by atomic mass is 9.90. The smallest absolute Gasteiger partial charge is 0.435 e. The molecule has 4 N–H and O–H groups in total. The highest BCUT2D eigenvalue weighted by Crippen LogP contribution is 2.44. The number of nitrogens with zero attached hydrogens (tertiary/aromatic N) is 10. The number of ether oxygens (including phenoxy) is 3. The standard InChI is InChI=1S/C20H27F2N7O2.C16H21FN6O3.C7H11ClFNO/c1-19(2)15-12(10-29(19)18(30)20(22)5-7-28(3)8-6-20)16(27-26-15)25-17-13(21)9-23-14(24-17)11-31-4;1-5-26-15(24)23-12-9(6-19-16(12,2)3)13(22-23)21-14-10(17)7-18-11(20-14)8-25-4;1-10-4-2-7(9,3-5-10)6(8)11/h9H,5-8,10-11H2,1-4H3,(H2,23,24,25,26,27);7,19H,5-6,8H2,1-4H3,(H,18,20,21,22);2-5H2,1H3. The molecule has 372 valence electrons. The summed E-state index contributed by atoms with van der Waals surface area (Å²) in [5.41, 5.74) is -2.11. The van der Waals surface area contributed by atoms with E-state index in [2.05, 4.69) is 51.2 Å². The van der Waals surface area contributed by atoms with Crippen molar-refractivity contribution in [3.8, 4) is 0 Å². The molecule has 2 saturated heterocycles. The Kier molecular flexibility index (Phi) is 16.1. The van der Waals surface area contributed by atoms with Crippen LogP contribution in [0, 0.1) is 11.6 Å². The van der Waals surface area contributed by atoms with E-state index in [9.17, 15) is 27.6 Å². The van der Waals surface area contributed by atoms with Crippen molar-refractivity contribution in [3.63, 3.8) is 0 Å². The highest BCUT2D eigenvalue weighted by molar-refractivity contribution is 6.65. The highest BCUT2D eigenvalue weighted by Gasteiger charge is 2.52. The number of carbonyl (C=O) groups is 3. The molecule has 0 aliphatic carbocycles. The lowest BCUT2D eigenvalue weighted by molar-refractivity contribution is -0.153. The molecule has 0 unspecified atom stereocenters. The second-order valence-electron chi connectivity index (χ2n) is 18.0. The molecule has 8 heterocycles. The lowest BCUT2D eigenvalue weighted by Gasteiger charge is -2.40. The summed E-state index contributed by atoms with van der Waals surface area (Å²) >= 11 is 5.11. The Balaban J connectivity index is 0.000000185. The molecule has 2 fully saturated rings. The number of hydrogen-bond donors (Lipinski definition) is 4. The fourth-order valence-corrected chi connectivity index (χ4v) is 8.41. The van der Waals surface area contributed by atoms with E-state index in [-0.39, 0.29) is 63.7 Å². The van der Waals surface area contributed by atoms with E-state index in [1.54, 1.807) is 11.8 Å². The Hall–Kier alpha value is -5.40. The molecule has 4 aliphatic heterocycles. The number of anilines is 4. The first-order valence-corrected chi connectivity index (χ1v) is 22.4. The van der Waals surface area contributed by atoms with Crippen LogP contribution in [-0.2, 0) is 61.2 Å². The molecule has 1 amide bonds. The molecular formula is C43H59ClF4N14O6. The van der Waals surface area contributed by atoms with Gasteiger partial charge in [-0.05, 0) is 60.3 Å². The van der Waals surface area contributed by atoms with Crippen LogP contribution in [0.3, 0.4) is 0 Å². The number of alkyl halides is 2. The quantitative estimate of drug-likeness (QED) is 0.108. The SMILES string of the molecule is CCOC(=O)n1nc(Nc2nc(COC)ncc2F)c2c1C(C)(C)NC2.CN1CCC(F)(C(=O)Cl)CC1.COCc1ncc(F)c(Nc2n[nH]c3c2CN(C(=O)C2(F)CCN(C)CC2)C3(C)C)n1. The van der Waals surface area contributed by atoms with Crippen molar-refractivity contribution in [1.82, 2.24) is 59.9 Å². The van der Waals surface area contributed by atoms with Crippen molar-refractivity contribution >= 4 is 52.1 Å². The molecule has 4 aliphatic rings. The number of aromatic amines is 1. The molecular weight excluding hydrogens is 920 g/mol. The van der Waals surface area contributed by atoms with Gasteiger partial charge in [0.2, 0.25) is 0 Å². The van der Waals surface area contributed by atoms with Crippen molar-refractivity contribution in [1.29, 1.82) is 0 Å². The van der Waals surface area contributed by atoms with Gasteiger partial charge in [-0.1, -0.05) is 0 Å². The fraction of sp³-hybridized carbons (Fsp3) is 0.605. The number of carbonyl (C=O) groups excluding carboxylic acids is 3. The monoisotopic (exact) mass is 978 g/mol. The van der Waals surface area contributed by atoms with Crippen LogP contribution in [0.15, 0.2) is 12.4 Å². The number of fused-ring (bicyclic) bond motifs is 2. The zero-order valence-corrected chi connectivity index (χ0v) is 40.4. The Labute approximate surface area is 396 Å². The van der Waals surface area contributed by atoms with Crippen molar-refractivity contribution in [2.75, 3.05) is 71.7 Å². The minimum absolute atomic E-state index is 0.0342. The van der Waals surface area contributed by atoms with Gasteiger partial charge in [0.1, 0.15) is 13.2 Å². The zero-order valence-electron chi connectivity index (χ0n) is 39.7. The van der Waals surface area contributed by atoms with Gasteiger partial charge in [0.15, 0.2) is 57.9 Å². The molecule has 8 rings (SSSR count). The third-order valence-corrected chi connectivity index (χ3v) is 12.7. The maximum atomic E-state index is 15.5. The topological polar surface area (TPSA) is 223 Å². The minimum atomic E-state index is -1.89. The van der Waals surface area contributed by atoms with E-state index >= 15 is 4.39 Å². The van der Waals surface area contributed by atoms with Crippen molar-refractivity contribution < 1.29 is 46.2 Å². The number of hydrogen-bond acceptors (Lipinski definition) is 17. The number of likely N-dealkylation sites (tertiary alicyclic amines) is 2. The Bertz CT molecular complexity index is 2460. The van der Waals surface area contributed by atoms with Gasteiger partial charge < -0.3 is 44.9 Å². The predicted octanol–water partition coefficient (Wildman–Crippen LogP) is 5.47. The van der Waals surface area contributed by atoms with Gasteiger partial charge >= 0.3 is 6.09 Å². The summed E-state index contributed by atoms with van der Waals surface area (Å²) in [6, 6.07) is 0. The van der Waals surface area contributed by atoms with Crippen molar-refractivity contribution in [2.45, 2.75) is 109 Å². The number of rotatable bonds is 11.